The minimum atomic E-state index is -0.213. The van der Waals surface area contributed by atoms with E-state index in [1.54, 1.807) is 0 Å². The van der Waals surface area contributed by atoms with E-state index in [1.165, 1.54) is 28.2 Å². The Balaban J connectivity index is 1.66. The lowest BCUT2D eigenvalue weighted by Gasteiger charge is -2.32. The summed E-state index contributed by atoms with van der Waals surface area (Å²) in [5.41, 5.74) is 4.49. The van der Waals surface area contributed by atoms with Crippen molar-refractivity contribution in [2.45, 2.75) is 19.9 Å². The molecule has 1 aliphatic heterocycles. The summed E-state index contributed by atoms with van der Waals surface area (Å²) >= 11 is 5.50. The van der Waals surface area contributed by atoms with Crippen LogP contribution in [0.25, 0.3) is 0 Å². The zero-order valence-electron chi connectivity index (χ0n) is 15.8. The number of ether oxygens (including phenoxy) is 1. The van der Waals surface area contributed by atoms with E-state index in [4.69, 9.17) is 17.0 Å². The van der Waals surface area contributed by atoms with Gasteiger partial charge in [-0.3, -0.25) is 0 Å². The molecule has 1 aliphatic rings. The number of hydrogen-bond acceptors (Lipinski definition) is 2. The molecule has 3 rings (SSSR count). The van der Waals surface area contributed by atoms with E-state index in [1.807, 2.05) is 12.1 Å². The normalized spacial score (nSPS) is 16.0. The molecular weight excluding hydrogens is 361 g/mol. The lowest BCUT2D eigenvalue weighted by Crippen LogP contribution is -3.15. The van der Waals surface area contributed by atoms with Crippen molar-refractivity contribution in [3.63, 3.8) is 0 Å². The van der Waals surface area contributed by atoms with E-state index in [-0.39, 0.29) is 11.9 Å². The standard InChI is InChI=1S/C21H26FN3OS/c1-15-11-16(2)13-19(12-15)24-21(27)23-14-20(25-7-9-26-10-8-25)17-3-5-18(22)6-4-17/h3-6,11-13,20H,7-10,14H2,1-2H3,(H2,23,24,27)/p+1/t20-/m0/s1. The third-order valence-corrected chi connectivity index (χ3v) is 5.09. The Morgan fingerprint density at radius 1 is 1.11 bits per heavy atom. The molecule has 2 aromatic rings. The lowest BCUT2D eigenvalue weighted by molar-refractivity contribution is -0.937. The molecule has 1 saturated heterocycles. The summed E-state index contributed by atoms with van der Waals surface area (Å²) in [5.74, 6) is -0.213. The second-order valence-corrected chi connectivity index (χ2v) is 7.49. The molecule has 0 bridgehead atoms. The predicted molar refractivity (Wildman–Crippen MR) is 111 cm³/mol. The van der Waals surface area contributed by atoms with Crippen molar-refractivity contribution in [1.29, 1.82) is 0 Å². The zero-order chi connectivity index (χ0) is 19.2. The van der Waals surface area contributed by atoms with E-state index in [2.05, 4.69) is 42.7 Å². The Morgan fingerprint density at radius 3 is 2.37 bits per heavy atom. The molecule has 4 nitrogen and oxygen atoms in total. The van der Waals surface area contributed by atoms with Crippen LogP contribution in [0.3, 0.4) is 0 Å². The quantitative estimate of drug-likeness (QED) is 0.688. The van der Waals surface area contributed by atoms with Gasteiger partial charge < -0.3 is 20.3 Å². The van der Waals surface area contributed by atoms with E-state index in [0.29, 0.717) is 11.7 Å². The van der Waals surface area contributed by atoms with Crippen LogP contribution in [0.1, 0.15) is 22.7 Å². The number of halogens is 1. The summed E-state index contributed by atoms with van der Waals surface area (Å²) in [6.45, 7) is 8.18. The van der Waals surface area contributed by atoms with Gasteiger partial charge in [0.15, 0.2) is 5.11 Å². The highest BCUT2D eigenvalue weighted by atomic mass is 32.1. The molecule has 144 valence electrons. The van der Waals surface area contributed by atoms with Crippen molar-refractivity contribution in [1.82, 2.24) is 5.32 Å². The van der Waals surface area contributed by atoms with Crippen molar-refractivity contribution in [2.24, 2.45) is 0 Å². The first-order chi connectivity index (χ1) is 13.0. The van der Waals surface area contributed by atoms with Gasteiger partial charge in [-0.1, -0.05) is 18.2 Å². The van der Waals surface area contributed by atoms with Gasteiger partial charge in [0.05, 0.1) is 19.8 Å². The Bertz CT molecular complexity index is 755. The van der Waals surface area contributed by atoms with Crippen LogP contribution in [-0.4, -0.2) is 38.0 Å². The average molecular weight is 389 g/mol. The SMILES string of the molecule is Cc1cc(C)cc(NC(=S)NC[C@@H](c2ccc(F)cc2)[NH+]2CCOCC2)c1. The Labute approximate surface area is 165 Å². The van der Waals surface area contributed by atoms with Gasteiger partial charge in [0.25, 0.3) is 0 Å². The molecule has 0 unspecified atom stereocenters. The van der Waals surface area contributed by atoms with Crippen LogP contribution < -0.4 is 15.5 Å². The first-order valence-electron chi connectivity index (χ1n) is 9.32. The number of rotatable bonds is 5. The topological polar surface area (TPSA) is 37.7 Å². The maximum absolute atomic E-state index is 13.3. The number of hydrogen-bond donors (Lipinski definition) is 3. The fourth-order valence-electron chi connectivity index (χ4n) is 3.59. The van der Waals surface area contributed by atoms with Gasteiger partial charge in [0.1, 0.15) is 24.9 Å². The summed E-state index contributed by atoms with van der Waals surface area (Å²) in [6, 6.07) is 13.2. The number of benzene rings is 2. The molecule has 27 heavy (non-hydrogen) atoms. The van der Waals surface area contributed by atoms with Crippen molar-refractivity contribution < 1.29 is 14.0 Å². The van der Waals surface area contributed by atoms with Crippen LogP contribution >= 0.6 is 12.2 Å². The average Bonchev–Trinajstić information content (AvgIpc) is 2.63. The van der Waals surface area contributed by atoms with Gasteiger partial charge in [-0.05, 0) is 61.5 Å². The van der Waals surface area contributed by atoms with Crippen molar-refractivity contribution in [3.8, 4) is 0 Å². The van der Waals surface area contributed by atoms with Gasteiger partial charge in [0.2, 0.25) is 0 Å². The van der Waals surface area contributed by atoms with Gasteiger partial charge >= 0.3 is 0 Å². The van der Waals surface area contributed by atoms with Crippen LogP contribution in [0.2, 0.25) is 0 Å². The molecule has 2 aromatic carbocycles. The maximum Gasteiger partial charge on any atom is 0.171 e. The summed E-state index contributed by atoms with van der Waals surface area (Å²) in [5, 5.41) is 7.21. The Morgan fingerprint density at radius 2 is 1.74 bits per heavy atom. The van der Waals surface area contributed by atoms with Crippen molar-refractivity contribution in [3.05, 3.63) is 65.0 Å². The molecule has 3 N–H and O–H groups in total. The monoisotopic (exact) mass is 388 g/mol. The highest BCUT2D eigenvalue weighted by Gasteiger charge is 2.26. The van der Waals surface area contributed by atoms with Crippen LogP contribution in [-0.2, 0) is 4.74 Å². The zero-order valence-corrected chi connectivity index (χ0v) is 16.7. The molecule has 0 amide bonds. The van der Waals surface area contributed by atoms with E-state index >= 15 is 0 Å². The molecule has 0 radical (unpaired) electrons. The van der Waals surface area contributed by atoms with Crippen LogP contribution in [0, 0.1) is 19.7 Å². The second-order valence-electron chi connectivity index (χ2n) is 7.09. The van der Waals surface area contributed by atoms with Gasteiger partial charge in [-0.2, -0.15) is 0 Å². The maximum atomic E-state index is 13.3. The van der Waals surface area contributed by atoms with Crippen LogP contribution in [0.4, 0.5) is 10.1 Å². The fraction of sp³-hybridized carbons (Fsp3) is 0.381. The van der Waals surface area contributed by atoms with Gasteiger partial charge in [0, 0.05) is 11.3 Å². The highest BCUT2D eigenvalue weighted by molar-refractivity contribution is 7.80. The fourth-order valence-corrected chi connectivity index (χ4v) is 3.79. The number of aryl methyl sites for hydroxylation is 2. The molecule has 0 aromatic heterocycles. The summed E-state index contributed by atoms with van der Waals surface area (Å²) in [7, 11) is 0. The molecular formula is C21H27FN3OS+. The minimum Gasteiger partial charge on any atom is -0.370 e. The third kappa shape index (κ3) is 5.73. The van der Waals surface area contributed by atoms with Crippen molar-refractivity contribution >= 4 is 23.0 Å². The minimum absolute atomic E-state index is 0.188. The summed E-state index contributed by atoms with van der Waals surface area (Å²) in [4.78, 5) is 1.43. The number of anilines is 1. The summed E-state index contributed by atoms with van der Waals surface area (Å²) in [6.07, 6.45) is 0. The van der Waals surface area contributed by atoms with Crippen LogP contribution in [0.5, 0.6) is 0 Å². The van der Waals surface area contributed by atoms with Crippen molar-refractivity contribution in [2.75, 3.05) is 38.2 Å². The number of thiocarbonyl (C=S) groups is 1. The van der Waals surface area contributed by atoms with E-state index in [0.717, 1.165) is 37.6 Å². The molecule has 0 saturated carbocycles. The molecule has 1 fully saturated rings. The van der Waals surface area contributed by atoms with E-state index in [9.17, 15) is 4.39 Å². The molecule has 6 heteroatoms. The number of quaternary nitrogens is 1. The van der Waals surface area contributed by atoms with Gasteiger partial charge in [-0.15, -0.1) is 0 Å². The predicted octanol–water partition coefficient (Wildman–Crippen LogP) is 2.39. The molecule has 1 atom stereocenters. The lowest BCUT2D eigenvalue weighted by atomic mass is 10.0. The van der Waals surface area contributed by atoms with Gasteiger partial charge in [-0.25, -0.2) is 4.39 Å². The first kappa shape index (κ1) is 19.7. The Hall–Kier alpha value is -2.02. The first-order valence-corrected chi connectivity index (χ1v) is 9.73. The highest BCUT2D eigenvalue weighted by Crippen LogP contribution is 2.14. The number of morpholine rings is 1. The third-order valence-electron chi connectivity index (χ3n) is 4.85. The molecule has 0 aliphatic carbocycles. The smallest absolute Gasteiger partial charge is 0.171 e. The second kappa shape index (κ2) is 9.26. The largest absolute Gasteiger partial charge is 0.370 e. The number of nitrogens with one attached hydrogen (secondary N) is 3. The summed E-state index contributed by atoms with van der Waals surface area (Å²) < 4.78 is 18.8. The van der Waals surface area contributed by atoms with E-state index < -0.39 is 0 Å². The molecule has 1 heterocycles. The molecule has 0 spiro atoms. The van der Waals surface area contributed by atoms with Crippen LogP contribution in [0.15, 0.2) is 42.5 Å². The Kier molecular flexibility index (Phi) is 6.77.